The van der Waals surface area contributed by atoms with Gasteiger partial charge in [0.15, 0.2) is 14.1 Å². The Bertz CT molecular complexity index is 771. The summed E-state index contributed by atoms with van der Waals surface area (Å²) in [6, 6.07) is 0. The maximum atomic E-state index is 13.6. The van der Waals surface area contributed by atoms with Gasteiger partial charge in [-0.2, -0.15) is 0 Å². The largest absolute Gasteiger partial charge is 0.444 e. The Labute approximate surface area is 193 Å². The molecule has 1 spiro atoms. The van der Waals surface area contributed by atoms with Crippen molar-refractivity contribution in [2.45, 2.75) is 103 Å². The predicted molar refractivity (Wildman–Crippen MR) is 124 cm³/mol. The number of hydrogen-bond acceptors (Lipinski definition) is 6. The average Bonchev–Trinajstić information content (AvgIpc) is 2.88. The summed E-state index contributed by atoms with van der Waals surface area (Å²) in [6.07, 6.45) is 1.45. The van der Waals surface area contributed by atoms with E-state index in [9.17, 15) is 19.5 Å². The number of hydrogen-bond donors (Lipinski definition) is 1. The zero-order chi connectivity index (χ0) is 24.1. The van der Waals surface area contributed by atoms with Crippen LogP contribution in [-0.4, -0.2) is 66.4 Å². The second-order valence-corrected chi connectivity index (χ2v) is 16.5. The van der Waals surface area contributed by atoms with E-state index >= 15 is 0 Å². The van der Waals surface area contributed by atoms with Gasteiger partial charge in [0.2, 0.25) is 0 Å². The zero-order valence-corrected chi connectivity index (χ0v) is 21.8. The van der Waals surface area contributed by atoms with Gasteiger partial charge in [-0.1, -0.05) is 6.92 Å². The van der Waals surface area contributed by atoms with E-state index in [1.807, 2.05) is 27.7 Å². The summed E-state index contributed by atoms with van der Waals surface area (Å²) in [5.74, 6) is -0.536. The van der Waals surface area contributed by atoms with E-state index in [1.54, 1.807) is 4.90 Å². The van der Waals surface area contributed by atoms with E-state index in [-0.39, 0.29) is 48.4 Å². The molecule has 0 aromatic rings. The molecule has 1 saturated heterocycles. The Morgan fingerprint density at radius 3 is 2.22 bits per heavy atom. The lowest BCUT2D eigenvalue weighted by molar-refractivity contribution is -0.173. The number of rotatable bonds is 2. The van der Waals surface area contributed by atoms with Crippen LogP contribution in [0.2, 0.25) is 19.6 Å². The normalized spacial score (nSPS) is 36.6. The molecule has 3 aliphatic rings. The highest BCUT2D eigenvalue weighted by molar-refractivity contribution is 6.69. The van der Waals surface area contributed by atoms with Crippen molar-refractivity contribution >= 4 is 26.0 Å². The lowest BCUT2D eigenvalue weighted by Gasteiger charge is -2.51. The van der Waals surface area contributed by atoms with Crippen molar-refractivity contribution < 1.29 is 28.7 Å². The minimum Gasteiger partial charge on any atom is -0.444 e. The number of amides is 1. The molecular formula is C24H41NO6Si. The van der Waals surface area contributed by atoms with Gasteiger partial charge in [-0.05, 0) is 72.0 Å². The number of Topliss-reactive ketones (excluding diaryl/α,β-unsaturated/α-hetero) is 2. The van der Waals surface area contributed by atoms with Gasteiger partial charge >= 0.3 is 6.09 Å². The van der Waals surface area contributed by atoms with Crippen molar-refractivity contribution in [1.82, 2.24) is 4.90 Å². The molecule has 8 heteroatoms. The molecule has 1 amide bonds. The summed E-state index contributed by atoms with van der Waals surface area (Å²) in [7, 11) is -1.93. The topological polar surface area (TPSA) is 93.1 Å². The standard InChI is InChI=1S/C24H41NO6Si/c1-16-14-18(26)23-10-8-12-25(21(28)30-22(2,3)4)13-9-11-24(23,29)19(27)15-17(23)20(16)31-32(5,6)7/h16-17,20,29H,8-15H2,1-7H3/t16-,17+,20-,23+,24+/m0/s1. The van der Waals surface area contributed by atoms with Crippen LogP contribution in [0.5, 0.6) is 0 Å². The summed E-state index contributed by atoms with van der Waals surface area (Å²) >= 11 is 0. The van der Waals surface area contributed by atoms with Crippen LogP contribution < -0.4 is 0 Å². The van der Waals surface area contributed by atoms with Gasteiger partial charge in [0.05, 0.1) is 11.5 Å². The van der Waals surface area contributed by atoms with Gasteiger partial charge in [-0.25, -0.2) is 4.79 Å². The summed E-state index contributed by atoms with van der Waals surface area (Å²) in [6.45, 7) is 14.7. The number of aliphatic hydroxyl groups is 1. The first-order chi connectivity index (χ1) is 14.6. The third-order valence-corrected chi connectivity index (χ3v) is 8.29. The van der Waals surface area contributed by atoms with Crippen molar-refractivity contribution in [3.63, 3.8) is 0 Å². The molecule has 0 aromatic heterocycles. The van der Waals surface area contributed by atoms with Crippen LogP contribution in [0.1, 0.15) is 66.2 Å². The average molecular weight is 468 g/mol. The number of nitrogens with zero attached hydrogens (tertiary/aromatic N) is 1. The van der Waals surface area contributed by atoms with E-state index in [1.165, 1.54) is 0 Å². The Morgan fingerprint density at radius 1 is 1.06 bits per heavy atom. The summed E-state index contributed by atoms with van der Waals surface area (Å²) in [5.41, 5.74) is -3.40. The van der Waals surface area contributed by atoms with Gasteiger partial charge in [-0.15, -0.1) is 0 Å². The molecule has 3 fully saturated rings. The first-order valence-corrected chi connectivity index (χ1v) is 15.5. The van der Waals surface area contributed by atoms with Crippen LogP contribution in [0.4, 0.5) is 4.79 Å². The fourth-order valence-corrected chi connectivity index (χ4v) is 7.33. The monoisotopic (exact) mass is 467 g/mol. The smallest absolute Gasteiger partial charge is 0.410 e. The minimum atomic E-state index is -1.93. The fraction of sp³-hybridized carbons (Fsp3) is 0.875. The van der Waals surface area contributed by atoms with Gasteiger partial charge in [-0.3, -0.25) is 9.59 Å². The fourth-order valence-electron chi connectivity index (χ4n) is 6.12. The van der Waals surface area contributed by atoms with Crippen LogP contribution in [0.3, 0.4) is 0 Å². The Balaban J connectivity index is 1.93. The van der Waals surface area contributed by atoms with Crippen LogP contribution in [0, 0.1) is 17.3 Å². The Hall–Kier alpha value is -1.25. The van der Waals surface area contributed by atoms with Crippen LogP contribution >= 0.6 is 0 Å². The molecule has 0 aromatic carbocycles. The third-order valence-electron chi connectivity index (χ3n) is 7.31. The number of ketones is 2. The Morgan fingerprint density at radius 2 is 1.66 bits per heavy atom. The highest BCUT2D eigenvalue weighted by Crippen LogP contribution is 2.60. The second kappa shape index (κ2) is 8.51. The molecule has 0 bridgehead atoms. The van der Waals surface area contributed by atoms with Crippen LogP contribution in [0.25, 0.3) is 0 Å². The Kier molecular flexibility index (Phi) is 6.75. The number of carbonyl (C=O) groups excluding carboxylic acids is 3. The molecule has 1 heterocycles. The lowest BCUT2D eigenvalue weighted by Crippen LogP contribution is -2.61. The minimum absolute atomic E-state index is 0.00973. The van der Waals surface area contributed by atoms with Gasteiger partial charge in [0.1, 0.15) is 17.0 Å². The highest BCUT2D eigenvalue weighted by atomic mass is 28.4. The van der Waals surface area contributed by atoms with E-state index in [2.05, 4.69) is 19.6 Å². The molecule has 182 valence electrons. The third kappa shape index (κ3) is 4.55. The first-order valence-electron chi connectivity index (χ1n) is 12.1. The van der Waals surface area contributed by atoms with Gasteiger partial charge in [0, 0.05) is 31.8 Å². The van der Waals surface area contributed by atoms with Crippen LogP contribution in [-0.2, 0) is 18.8 Å². The maximum absolute atomic E-state index is 13.6. The molecular weight excluding hydrogens is 426 g/mol. The quantitative estimate of drug-likeness (QED) is 0.619. The molecule has 1 aliphatic heterocycles. The van der Waals surface area contributed by atoms with Crippen molar-refractivity contribution in [3.8, 4) is 0 Å². The molecule has 2 saturated carbocycles. The van der Waals surface area contributed by atoms with E-state index in [0.29, 0.717) is 38.8 Å². The molecule has 1 N–H and O–H groups in total. The van der Waals surface area contributed by atoms with E-state index < -0.39 is 24.9 Å². The maximum Gasteiger partial charge on any atom is 0.410 e. The van der Waals surface area contributed by atoms with Gasteiger partial charge in [0.25, 0.3) is 0 Å². The van der Waals surface area contributed by atoms with Crippen molar-refractivity contribution in [1.29, 1.82) is 0 Å². The zero-order valence-electron chi connectivity index (χ0n) is 20.8. The predicted octanol–water partition coefficient (Wildman–Crippen LogP) is 3.93. The molecule has 7 nitrogen and oxygen atoms in total. The van der Waals surface area contributed by atoms with Gasteiger partial charge < -0.3 is 19.2 Å². The van der Waals surface area contributed by atoms with Crippen molar-refractivity contribution in [2.24, 2.45) is 17.3 Å². The molecule has 3 rings (SSSR count). The van der Waals surface area contributed by atoms with E-state index in [4.69, 9.17) is 9.16 Å². The summed E-state index contributed by atoms with van der Waals surface area (Å²) < 4.78 is 12.1. The molecule has 0 radical (unpaired) electrons. The number of carbonyl (C=O) groups is 3. The highest BCUT2D eigenvalue weighted by Gasteiger charge is 2.71. The SMILES string of the molecule is C[C@H]1CC(=O)[C@]23CCCN(C(=O)OC(C)(C)C)CCC[C@@]2(O)C(=O)C[C@@H]3[C@H]1O[Si](C)(C)C. The van der Waals surface area contributed by atoms with Crippen LogP contribution in [0.15, 0.2) is 0 Å². The molecule has 2 aliphatic carbocycles. The van der Waals surface area contributed by atoms with E-state index in [0.717, 1.165) is 0 Å². The first kappa shape index (κ1) is 25.4. The molecule has 5 atom stereocenters. The summed E-state index contributed by atoms with van der Waals surface area (Å²) in [5, 5.41) is 11.8. The van der Waals surface area contributed by atoms with Crippen molar-refractivity contribution in [3.05, 3.63) is 0 Å². The summed E-state index contributed by atoms with van der Waals surface area (Å²) in [4.78, 5) is 41.2. The lowest BCUT2D eigenvalue weighted by atomic mass is 9.55. The number of ether oxygens (including phenoxy) is 1. The molecule has 0 unspecified atom stereocenters. The van der Waals surface area contributed by atoms with Crippen molar-refractivity contribution in [2.75, 3.05) is 13.1 Å². The second-order valence-electron chi connectivity index (χ2n) is 12.0. The molecule has 32 heavy (non-hydrogen) atoms.